The van der Waals surface area contributed by atoms with E-state index >= 15 is 0 Å². The van der Waals surface area contributed by atoms with Crippen molar-refractivity contribution in [2.24, 2.45) is 10.9 Å². The Morgan fingerprint density at radius 3 is 2.86 bits per heavy atom. The number of nitrogens with two attached hydrogens (primary N) is 1. The quantitative estimate of drug-likeness (QED) is 0.369. The first-order valence-corrected chi connectivity index (χ1v) is 7.03. The summed E-state index contributed by atoms with van der Waals surface area (Å²) in [6.45, 7) is 0.102. The summed E-state index contributed by atoms with van der Waals surface area (Å²) in [5, 5.41) is 12.1. The van der Waals surface area contributed by atoms with Gasteiger partial charge in [0, 0.05) is 10.6 Å². The van der Waals surface area contributed by atoms with E-state index < -0.39 is 0 Å². The number of hydrogen-bond acceptors (Lipinski definition) is 3. The maximum Gasteiger partial charge on any atom is 0.173 e. The van der Waals surface area contributed by atoms with Crippen molar-refractivity contribution in [1.29, 1.82) is 0 Å². The van der Waals surface area contributed by atoms with Crippen LogP contribution in [0.15, 0.2) is 46.0 Å². The van der Waals surface area contributed by atoms with Gasteiger partial charge in [0.1, 0.15) is 18.2 Å². The third kappa shape index (κ3) is 3.65. The van der Waals surface area contributed by atoms with E-state index in [1.807, 2.05) is 0 Å². The number of hydrogen-bond donors (Lipinski definition) is 2. The Morgan fingerprint density at radius 2 is 2.14 bits per heavy atom. The molecule has 0 aliphatic rings. The van der Waals surface area contributed by atoms with Crippen molar-refractivity contribution >= 4 is 33.4 Å². The molecule has 0 amide bonds. The molecule has 0 bridgehead atoms. The van der Waals surface area contributed by atoms with E-state index in [-0.39, 0.29) is 18.3 Å². The van der Waals surface area contributed by atoms with Gasteiger partial charge in [-0.1, -0.05) is 28.9 Å². The van der Waals surface area contributed by atoms with Crippen LogP contribution in [0.5, 0.6) is 5.75 Å². The fourth-order valence-electron chi connectivity index (χ4n) is 1.70. The SMILES string of the molecule is N/C(=N/O)c1ccc(Cl)cc1OCc1cccc(F)c1Br. The number of halogens is 3. The number of amidine groups is 1. The van der Waals surface area contributed by atoms with Crippen molar-refractivity contribution in [2.45, 2.75) is 6.61 Å². The van der Waals surface area contributed by atoms with Crippen molar-refractivity contribution in [3.05, 3.63) is 62.8 Å². The van der Waals surface area contributed by atoms with Gasteiger partial charge in [-0.2, -0.15) is 0 Å². The number of ether oxygens (including phenoxy) is 1. The molecule has 2 aromatic rings. The standard InChI is InChI=1S/C14H11BrClFN2O2/c15-13-8(2-1-3-11(13)17)7-21-12-6-9(16)4-5-10(12)14(18)19-20/h1-6,20H,7H2,(H2,18,19). The Labute approximate surface area is 134 Å². The molecule has 0 fully saturated rings. The van der Waals surface area contributed by atoms with Crippen molar-refractivity contribution in [1.82, 2.24) is 0 Å². The molecule has 0 aliphatic carbocycles. The summed E-state index contributed by atoms with van der Waals surface area (Å²) < 4.78 is 19.4. The van der Waals surface area contributed by atoms with E-state index in [0.717, 1.165) is 0 Å². The van der Waals surface area contributed by atoms with E-state index in [1.165, 1.54) is 6.07 Å². The van der Waals surface area contributed by atoms with Crippen LogP contribution in [0.1, 0.15) is 11.1 Å². The van der Waals surface area contributed by atoms with Crippen LogP contribution in [0.3, 0.4) is 0 Å². The van der Waals surface area contributed by atoms with Gasteiger partial charge in [-0.25, -0.2) is 4.39 Å². The van der Waals surface area contributed by atoms with Crippen LogP contribution in [-0.2, 0) is 6.61 Å². The first kappa shape index (κ1) is 15.6. The zero-order valence-corrected chi connectivity index (χ0v) is 13.0. The molecular weight excluding hydrogens is 363 g/mol. The lowest BCUT2D eigenvalue weighted by molar-refractivity contribution is 0.302. The number of nitrogens with zero attached hydrogens (tertiary/aromatic N) is 1. The lowest BCUT2D eigenvalue weighted by Gasteiger charge is -2.12. The highest BCUT2D eigenvalue weighted by Gasteiger charge is 2.11. The predicted molar refractivity (Wildman–Crippen MR) is 82.4 cm³/mol. The predicted octanol–water partition coefficient (Wildman–Crippen LogP) is 3.92. The highest BCUT2D eigenvalue weighted by molar-refractivity contribution is 9.10. The van der Waals surface area contributed by atoms with Gasteiger partial charge in [0.15, 0.2) is 5.84 Å². The molecule has 2 aromatic carbocycles. The van der Waals surface area contributed by atoms with E-state index in [9.17, 15) is 4.39 Å². The van der Waals surface area contributed by atoms with Crippen LogP contribution in [0, 0.1) is 5.82 Å². The highest BCUT2D eigenvalue weighted by atomic mass is 79.9. The Hall–Kier alpha value is -1.79. The van der Waals surface area contributed by atoms with Crippen LogP contribution in [0.2, 0.25) is 5.02 Å². The van der Waals surface area contributed by atoms with Gasteiger partial charge >= 0.3 is 0 Å². The second-order valence-electron chi connectivity index (χ2n) is 4.13. The second-order valence-corrected chi connectivity index (χ2v) is 5.36. The minimum absolute atomic E-state index is 0.0972. The molecule has 3 N–H and O–H groups in total. The molecule has 110 valence electrons. The Kier molecular flexibility index (Phi) is 5.03. The van der Waals surface area contributed by atoms with E-state index in [2.05, 4.69) is 21.1 Å². The maximum atomic E-state index is 13.4. The number of rotatable bonds is 4. The zero-order chi connectivity index (χ0) is 15.4. The van der Waals surface area contributed by atoms with Gasteiger partial charge < -0.3 is 15.7 Å². The van der Waals surface area contributed by atoms with Gasteiger partial charge in [0.2, 0.25) is 0 Å². The molecule has 21 heavy (non-hydrogen) atoms. The molecular formula is C14H11BrClFN2O2. The smallest absolute Gasteiger partial charge is 0.173 e. The van der Waals surface area contributed by atoms with Crippen LogP contribution in [-0.4, -0.2) is 11.0 Å². The number of benzene rings is 2. The topological polar surface area (TPSA) is 67.8 Å². The molecule has 0 unspecified atom stereocenters. The monoisotopic (exact) mass is 372 g/mol. The largest absolute Gasteiger partial charge is 0.488 e. The van der Waals surface area contributed by atoms with Crippen LogP contribution >= 0.6 is 27.5 Å². The molecule has 0 saturated heterocycles. The average Bonchev–Trinajstić information content (AvgIpc) is 2.48. The second kappa shape index (κ2) is 6.78. The summed E-state index contributed by atoms with van der Waals surface area (Å²) >= 11 is 9.07. The third-order valence-electron chi connectivity index (χ3n) is 2.74. The van der Waals surface area contributed by atoms with Gasteiger partial charge in [-0.3, -0.25) is 0 Å². The minimum Gasteiger partial charge on any atom is -0.488 e. The van der Waals surface area contributed by atoms with Gasteiger partial charge in [0.25, 0.3) is 0 Å². The molecule has 0 radical (unpaired) electrons. The van der Waals surface area contributed by atoms with Gasteiger partial charge in [-0.15, -0.1) is 0 Å². The van der Waals surface area contributed by atoms with E-state index in [1.54, 1.807) is 30.3 Å². The average molecular weight is 374 g/mol. The van der Waals surface area contributed by atoms with Crippen LogP contribution < -0.4 is 10.5 Å². The van der Waals surface area contributed by atoms with Crippen molar-refractivity contribution in [2.75, 3.05) is 0 Å². The molecule has 0 heterocycles. The molecule has 0 aromatic heterocycles. The lowest BCUT2D eigenvalue weighted by Crippen LogP contribution is -2.15. The normalized spacial score (nSPS) is 11.5. The van der Waals surface area contributed by atoms with Gasteiger partial charge in [-0.05, 0) is 40.2 Å². The van der Waals surface area contributed by atoms with Crippen molar-refractivity contribution in [3.8, 4) is 5.75 Å². The Balaban J connectivity index is 2.27. The summed E-state index contributed by atoms with van der Waals surface area (Å²) in [7, 11) is 0. The van der Waals surface area contributed by atoms with Crippen LogP contribution in [0.25, 0.3) is 0 Å². The summed E-state index contributed by atoms with van der Waals surface area (Å²) in [5.74, 6) is -0.132. The highest BCUT2D eigenvalue weighted by Crippen LogP contribution is 2.26. The van der Waals surface area contributed by atoms with Crippen LogP contribution in [0.4, 0.5) is 4.39 Å². The van der Waals surface area contributed by atoms with Crippen molar-refractivity contribution < 1.29 is 14.3 Å². The minimum atomic E-state index is -0.376. The maximum absolute atomic E-state index is 13.4. The molecule has 0 aliphatic heterocycles. The molecule has 0 spiro atoms. The summed E-state index contributed by atoms with van der Waals surface area (Å²) in [5.41, 5.74) is 6.60. The summed E-state index contributed by atoms with van der Waals surface area (Å²) in [6.07, 6.45) is 0. The molecule has 2 rings (SSSR count). The molecule has 0 atom stereocenters. The Bertz CT molecular complexity index is 695. The Morgan fingerprint density at radius 1 is 1.38 bits per heavy atom. The molecule has 4 nitrogen and oxygen atoms in total. The first-order valence-electron chi connectivity index (χ1n) is 5.86. The molecule has 7 heteroatoms. The fourth-order valence-corrected chi connectivity index (χ4v) is 2.24. The lowest BCUT2D eigenvalue weighted by atomic mass is 10.2. The molecule has 0 saturated carbocycles. The van der Waals surface area contributed by atoms with E-state index in [0.29, 0.717) is 26.4 Å². The van der Waals surface area contributed by atoms with E-state index in [4.69, 9.17) is 27.3 Å². The van der Waals surface area contributed by atoms with Crippen molar-refractivity contribution in [3.63, 3.8) is 0 Å². The first-order chi connectivity index (χ1) is 10.0. The third-order valence-corrected chi connectivity index (χ3v) is 3.87. The zero-order valence-electron chi connectivity index (χ0n) is 10.7. The van der Waals surface area contributed by atoms with Gasteiger partial charge in [0.05, 0.1) is 10.0 Å². The summed E-state index contributed by atoms with van der Waals surface area (Å²) in [6, 6.07) is 9.37. The number of oxime groups is 1. The summed E-state index contributed by atoms with van der Waals surface area (Å²) in [4.78, 5) is 0. The fraction of sp³-hybridized carbons (Fsp3) is 0.0714.